The van der Waals surface area contributed by atoms with Crippen LogP contribution in [0, 0.1) is 11.8 Å². The number of rotatable bonds is 3. The Labute approximate surface area is 116 Å². The van der Waals surface area contributed by atoms with Gasteiger partial charge in [0.2, 0.25) is 0 Å². The summed E-state index contributed by atoms with van der Waals surface area (Å²) in [6, 6.07) is -0.231. The number of hydrogen-bond acceptors (Lipinski definition) is 4. The van der Waals surface area contributed by atoms with Gasteiger partial charge in [-0.15, -0.1) is 0 Å². The number of amides is 2. The summed E-state index contributed by atoms with van der Waals surface area (Å²) in [6.07, 6.45) is 1.62. The zero-order chi connectivity index (χ0) is 13.3. The molecular formula is C10H12BrN3O3S. The summed E-state index contributed by atoms with van der Waals surface area (Å²) in [6.45, 7) is 2.62. The smallest absolute Gasteiger partial charge is 0.323 e. The van der Waals surface area contributed by atoms with E-state index < -0.39 is 11.9 Å². The molecule has 2 rings (SSSR count). The van der Waals surface area contributed by atoms with Gasteiger partial charge < -0.3 is 10.0 Å². The third kappa shape index (κ3) is 2.81. The van der Waals surface area contributed by atoms with Crippen LogP contribution in [0.4, 0.5) is 9.93 Å². The average molecular weight is 334 g/mol. The van der Waals surface area contributed by atoms with Crippen molar-refractivity contribution in [3.8, 4) is 0 Å². The molecule has 98 valence electrons. The lowest BCUT2D eigenvalue weighted by Crippen LogP contribution is -2.54. The molecule has 1 unspecified atom stereocenters. The number of anilines is 1. The zero-order valence-electron chi connectivity index (χ0n) is 9.59. The molecule has 2 heterocycles. The molecule has 1 atom stereocenters. The minimum absolute atomic E-state index is 0.0382. The van der Waals surface area contributed by atoms with Crippen molar-refractivity contribution in [2.24, 2.45) is 11.8 Å². The molecule has 0 spiro atoms. The predicted octanol–water partition coefficient (Wildman–Crippen LogP) is 2.09. The van der Waals surface area contributed by atoms with Gasteiger partial charge in [-0.3, -0.25) is 10.1 Å². The van der Waals surface area contributed by atoms with E-state index in [9.17, 15) is 9.59 Å². The van der Waals surface area contributed by atoms with Gasteiger partial charge in [0.1, 0.15) is 0 Å². The lowest BCUT2D eigenvalue weighted by molar-refractivity contribution is -0.144. The molecule has 0 aromatic carbocycles. The van der Waals surface area contributed by atoms with Crippen LogP contribution in [0.2, 0.25) is 0 Å². The molecule has 18 heavy (non-hydrogen) atoms. The molecule has 1 aliphatic rings. The van der Waals surface area contributed by atoms with E-state index >= 15 is 0 Å². The maximum atomic E-state index is 11.8. The number of urea groups is 1. The number of carboxylic acid groups (broad SMARTS) is 1. The summed E-state index contributed by atoms with van der Waals surface area (Å²) in [7, 11) is 0. The van der Waals surface area contributed by atoms with Crippen molar-refractivity contribution in [3.63, 3.8) is 0 Å². The van der Waals surface area contributed by atoms with E-state index in [2.05, 4.69) is 26.2 Å². The van der Waals surface area contributed by atoms with Gasteiger partial charge in [0.25, 0.3) is 0 Å². The number of nitrogens with zero attached hydrogens (tertiary/aromatic N) is 2. The normalized spacial score (nSPS) is 17.1. The summed E-state index contributed by atoms with van der Waals surface area (Å²) < 4.78 is 0.846. The third-order valence-electron chi connectivity index (χ3n) is 2.98. The van der Waals surface area contributed by atoms with Crippen LogP contribution in [-0.4, -0.2) is 40.1 Å². The number of nitrogens with one attached hydrogen (secondary N) is 1. The maximum absolute atomic E-state index is 11.8. The first-order valence-electron chi connectivity index (χ1n) is 5.37. The van der Waals surface area contributed by atoms with Crippen molar-refractivity contribution in [1.82, 2.24) is 9.88 Å². The highest BCUT2D eigenvalue weighted by atomic mass is 79.9. The summed E-state index contributed by atoms with van der Waals surface area (Å²) in [4.78, 5) is 28.1. The first-order valence-corrected chi connectivity index (χ1v) is 6.98. The molecule has 1 aromatic heterocycles. The first kappa shape index (κ1) is 13.3. The van der Waals surface area contributed by atoms with Crippen LogP contribution < -0.4 is 5.32 Å². The second-order valence-electron chi connectivity index (χ2n) is 4.19. The Morgan fingerprint density at radius 2 is 2.33 bits per heavy atom. The molecule has 2 N–H and O–H groups in total. The predicted molar refractivity (Wildman–Crippen MR) is 70.7 cm³/mol. The van der Waals surface area contributed by atoms with Crippen molar-refractivity contribution in [2.45, 2.75) is 6.92 Å². The van der Waals surface area contributed by atoms with Crippen molar-refractivity contribution in [2.75, 3.05) is 18.4 Å². The number of hydrogen-bond donors (Lipinski definition) is 2. The summed E-state index contributed by atoms with van der Waals surface area (Å²) in [5, 5.41) is 12.0. The average Bonchev–Trinajstić information content (AvgIpc) is 2.61. The van der Waals surface area contributed by atoms with Crippen LogP contribution in [0.1, 0.15) is 6.92 Å². The minimum atomic E-state index is -0.816. The molecule has 0 bridgehead atoms. The molecule has 8 heteroatoms. The largest absolute Gasteiger partial charge is 0.481 e. The number of carbonyl (C=O) groups excluding carboxylic acids is 1. The number of aromatic nitrogens is 1. The van der Waals surface area contributed by atoms with Gasteiger partial charge in [-0.1, -0.05) is 18.3 Å². The van der Waals surface area contributed by atoms with Crippen LogP contribution >= 0.6 is 27.3 Å². The summed E-state index contributed by atoms with van der Waals surface area (Å²) in [5.74, 6) is -1.19. The van der Waals surface area contributed by atoms with Crippen LogP contribution in [0.15, 0.2) is 9.98 Å². The number of carboxylic acids is 1. The molecule has 2 amide bonds. The first-order chi connectivity index (χ1) is 8.47. The maximum Gasteiger partial charge on any atom is 0.323 e. The van der Waals surface area contributed by atoms with Crippen LogP contribution in [-0.2, 0) is 4.79 Å². The lowest BCUT2D eigenvalue weighted by atomic mass is 9.87. The molecule has 0 radical (unpaired) electrons. The highest BCUT2D eigenvalue weighted by Crippen LogP contribution is 2.27. The number of likely N-dealkylation sites (tertiary alicyclic amines) is 1. The molecule has 6 nitrogen and oxygen atoms in total. The molecule has 1 aliphatic heterocycles. The van der Waals surface area contributed by atoms with E-state index in [-0.39, 0.29) is 11.9 Å². The molecule has 0 saturated carbocycles. The molecular weight excluding hydrogens is 322 g/mol. The minimum Gasteiger partial charge on any atom is -0.481 e. The Kier molecular flexibility index (Phi) is 3.86. The Hall–Kier alpha value is -1.15. The third-order valence-corrected chi connectivity index (χ3v) is 4.38. The van der Waals surface area contributed by atoms with E-state index in [4.69, 9.17) is 5.11 Å². The molecule has 1 aromatic rings. The van der Waals surface area contributed by atoms with E-state index in [1.54, 1.807) is 18.0 Å². The summed E-state index contributed by atoms with van der Waals surface area (Å²) in [5.41, 5.74) is 0. The molecule has 1 saturated heterocycles. The topological polar surface area (TPSA) is 82.5 Å². The van der Waals surface area contributed by atoms with Crippen LogP contribution in [0.3, 0.4) is 0 Å². The number of carbonyl (C=O) groups is 2. The fraction of sp³-hybridized carbons (Fsp3) is 0.500. The summed E-state index contributed by atoms with van der Waals surface area (Å²) >= 11 is 4.59. The quantitative estimate of drug-likeness (QED) is 0.887. The second-order valence-corrected chi connectivity index (χ2v) is 6.60. The highest BCUT2D eigenvalue weighted by molar-refractivity contribution is 9.11. The lowest BCUT2D eigenvalue weighted by Gasteiger charge is -2.40. The van der Waals surface area contributed by atoms with Gasteiger partial charge in [-0.05, 0) is 15.9 Å². The van der Waals surface area contributed by atoms with Gasteiger partial charge >= 0.3 is 12.0 Å². The van der Waals surface area contributed by atoms with Crippen LogP contribution in [0.25, 0.3) is 0 Å². The number of thiazole rings is 1. The fourth-order valence-electron chi connectivity index (χ4n) is 1.68. The Bertz CT molecular complexity index is 473. The van der Waals surface area contributed by atoms with Gasteiger partial charge in [0.15, 0.2) is 5.13 Å². The van der Waals surface area contributed by atoms with Crippen molar-refractivity contribution in [3.05, 3.63) is 9.98 Å². The van der Waals surface area contributed by atoms with Crippen LogP contribution in [0.5, 0.6) is 0 Å². The molecule has 0 aliphatic carbocycles. The van der Waals surface area contributed by atoms with Gasteiger partial charge in [0, 0.05) is 19.0 Å². The molecule has 1 fully saturated rings. The van der Waals surface area contributed by atoms with E-state index in [1.807, 2.05) is 0 Å². The number of halogens is 1. The SMILES string of the molecule is CC(C(=O)O)C1CN(C(=O)Nc2ncc(Br)s2)C1. The highest BCUT2D eigenvalue weighted by Gasteiger charge is 2.37. The van der Waals surface area contributed by atoms with E-state index in [0.29, 0.717) is 18.2 Å². The van der Waals surface area contributed by atoms with Gasteiger partial charge in [-0.25, -0.2) is 9.78 Å². The Morgan fingerprint density at radius 3 is 2.83 bits per heavy atom. The Balaban J connectivity index is 1.81. The second kappa shape index (κ2) is 5.23. The van der Waals surface area contributed by atoms with Crippen molar-refractivity contribution >= 4 is 44.4 Å². The zero-order valence-corrected chi connectivity index (χ0v) is 12.0. The fourth-order valence-corrected chi connectivity index (χ4v) is 2.78. The monoisotopic (exact) mass is 333 g/mol. The van der Waals surface area contributed by atoms with E-state index in [1.165, 1.54) is 11.3 Å². The Morgan fingerprint density at radius 1 is 1.67 bits per heavy atom. The standard InChI is InChI=1S/C10H12BrN3O3S/c1-5(8(15)16)6-3-14(4-6)10(17)13-9-12-2-7(11)18-9/h2,5-6H,3-4H2,1H3,(H,15,16)(H,12,13,17). The van der Waals surface area contributed by atoms with Crippen molar-refractivity contribution < 1.29 is 14.7 Å². The number of aliphatic carboxylic acids is 1. The van der Waals surface area contributed by atoms with E-state index in [0.717, 1.165) is 3.79 Å². The van der Waals surface area contributed by atoms with Gasteiger partial charge in [0.05, 0.1) is 15.9 Å². The van der Waals surface area contributed by atoms with Crippen molar-refractivity contribution in [1.29, 1.82) is 0 Å². The van der Waals surface area contributed by atoms with Gasteiger partial charge in [-0.2, -0.15) is 0 Å².